The van der Waals surface area contributed by atoms with E-state index in [1.807, 2.05) is 31.2 Å². The molecule has 1 heterocycles. The van der Waals surface area contributed by atoms with E-state index in [4.69, 9.17) is 0 Å². The average molecular weight is 580 g/mol. The van der Waals surface area contributed by atoms with Crippen molar-refractivity contribution in [2.45, 2.75) is 68.9 Å². The molecular formula is C32H41N3O5S. The zero-order valence-electron chi connectivity index (χ0n) is 24.2. The number of carboxylic acid groups (broad SMARTS) is 1. The minimum absolute atomic E-state index is 0.0134. The van der Waals surface area contributed by atoms with Crippen molar-refractivity contribution >= 4 is 16.0 Å². The van der Waals surface area contributed by atoms with Crippen LogP contribution in [0.15, 0.2) is 71.9 Å². The Labute approximate surface area is 243 Å². The summed E-state index contributed by atoms with van der Waals surface area (Å²) in [6.45, 7) is 6.26. The number of nitrogens with zero attached hydrogens (tertiary/aromatic N) is 2. The molecule has 0 saturated carbocycles. The minimum atomic E-state index is -3.93. The largest absolute Gasteiger partial charge is 0.481 e. The van der Waals surface area contributed by atoms with Crippen LogP contribution >= 0.6 is 0 Å². The predicted octanol–water partition coefficient (Wildman–Crippen LogP) is 4.48. The molecule has 0 saturated heterocycles. The Morgan fingerprint density at radius 3 is 2.39 bits per heavy atom. The Morgan fingerprint density at radius 2 is 1.73 bits per heavy atom. The Morgan fingerprint density at radius 1 is 1.10 bits per heavy atom. The first-order chi connectivity index (χ1) is 19.4. The van der Waals surface area contributed by atoms with Gasteiger partial charge in [0.15, 0.2) is 0 Å². The lowest BCUT2D eigenvalue weighted by molar-refractivity contribution is -0.137. The monoisotopic (exact) mass is 579 g/mol. The lowest BCUT2D eigenvalue weighted by Gasteiger charge is -2.31. The van der Waals surface area contributed by atoms with E-state index in [1.54, 1.807) is 12.3 Å². The molecule has 1 unspecified atom stereocenters. The van der Waals surface area contributed by atoms with E-state index >= 15 is 0 Å². The lowest BCUT2D eigenvalue weighted by Crippen LogP contribution is -2.47. The van der Waals surface area contributed by atoms with Gasteiger partial charge in [-0.05, 0) is 73.3 Å². The van der Waals surface area contributed by atoms with Crippen LogP contribution in [0.1, 0.15) is 56.2 Å². The molecule has 1 aliphatic carbocycles. The molecule has 0 bridgehead atoms. The predicted molar refractivity (Wildman–Crippen MR) is 160 cm³/mol. The van der Waals surface area contributed by atoms with Crippen molar-refractivity contribution in [1.29, 1.82) is 0 Å². The highest BCUT2D eigenvalue weighted by molar-refractivity contribution is 7.89. The van der Waals surface area contributed by atoms with Crippen molar-refractivity contribution in [1.82, 2.24) is 14.6 Å². The van der Waals surface area contributed by atoms with Gasteiger partial charge in [0.05, 0.1) is 12.5 Å². The first kappa shape index (κ1) is 30.8. The van der Waals surface area contributed by atoms with Crippen LogP contribution in [0.25, 0.3) is 11.1 Å². The third kappa shape index (κ3) is 7.80. The average Bonchev–Trinajstić information content (AvgIpc) is 3.33. The minimum Gasteiger partial charge on any atom is -0.481 e. The summed E-state index contributed by atoms with van der Waals surface area (Å²) in [6, 6.07) is 17.5. The molecule has 2 atom stereocenters. The fourth-order valence-electron chi connectivity index (χ4n) is 5.89. The summed E-state index contributed by atoms with van der Waals surface area (Å²) in [5, 5.41) is 23.5. The van der Waals surface area contributed by atoms with E-state index in [0.29, 0.717) is 11.5 Å². The smallest absolute Gasteiger partial charge is 0.303 e. The molecule has 4 rings (SSSR count). The highest BCUT2D eigenvalue weighted by atomic mass is 32.2. The van der Waals surface area contributed by atoms with Crippen LogP contribution in [0.2, 0.25) is 0 Å². The van der Waals surface area contributed by atoms with Gasteiger partial charge in [-0.15, -0.1) is 0 Å². The first-order valence-electron chi connectivity index (χ1n) is 14.1. The SMILES string of the molecule is C[C@H](CC(=O)O)c1ccccc1-c1cncc(S(=O)(=O)N(C)CC(O)CNC(C)(C)CC2Cc3ccccc3C2)c1. The Balaban J connectivity index is 1.38. The molecule has 220 valence electrons. The van der Waals surface area contributed by atoms with E-state index in [9.17, 15) is 23.4 Å². The van der Waals surface area contributed by atoms with Crippen molar-refractivity contribution < 1.29 is 23.4 Å². The van der Waals surface area contributed by atoms with Gasteiger partial charge in [0.25, 0.3) is 0 Å². The van der Waals surface area contributed by atoms with Crippen LogP contribution in [-0.4, -0.2) is 65.7 Å². The van der Waals surface area contributed by atoms with E-state index in [-0.39, 0.29) is 35.9 Å². The number of aliphatic hydroxyl groups excluding tert-OH is 1. The van der Waals surface area contributed by atoms with E-state index in [1.165, 1.54) is 24.4 Å². The third-order valence-electron chi connectivity index (χ3n) is 7.92. The molecule has 8 nitrogen and oxygen atoms in total. The quantitative estimate of drug-likeness (QED) is 0.273. The molecule has 0 amide bonds. The molecule has 0 radical (unpaired) electrons. The second-order valence-corrected chi connectivity index (χ2v) is 14.0. The number of aliphatic carboxylic acids is 1. The van der Waals surface area contributed by atoms with Crippen LogP contribution in [0.3, 0.4) is 0 Å². The summed E-state index contributed by atoms with van der Waals surface area (Å²) in [4.78, 5) is 15.5. The lowest BCUT2D eigenvalue weighted by atomic mass is 9.88. The number of hydrogen-bond acceptors (Lipinski definition) is 6. The van der Waals surface area contributed by atoms with Crippen molar-refractivity contribution in [3.05, 3.63) is 83.7 Å². The van der Waals surface area contributed by atoms with Gasteiger partial charge in [-0.1, -0.05) is 55.5 Å². The first-order valence-corrected chi connectivity index (χ1v) is 15.5. The van der Waals surface area contributed by atoms with Gasteiger partial charge < -0.3 is 15.5 Å². The molecule has 2 aromatic carbocycles. The number of hydrogen-bond donors (Lipinski definition) is 3. The number of likely N-dealkylation sites (N-methyl/N-ethyl adjacent to an activating group) is 1. The number of β-amino-alcohol motifs (C(OH)–C–C–N with tert-alkyl or cyclic N) is 1. The maximum Gasteiger partial charge on any atom is 0.303 e. The summed E-state index contributed by atoms with van der Waals surface area (Å²) in [6.07, 6.45) is 5.00. The number of fused-ring (bicyclic) bond motifs is 1. The highest BCUT2D eigenvalue weighted by Gasteiger charge is 2.29. The van der Waals surface area contributed by atoms with Crippen molar-refractivity contribution in [3.8, 4) is 11.1 Å². The molecule has 0 aliphatic heterocycles. The van der Waals surface area contributed by atoms with E-state index < -0.39 is 22.1 Å². The molecule has 3 aromatic rings. The van der Waals surface area contributed by atoms with Crippen molar-refractivity contribution in [2.75, 3.05) is 20.1 Å². The zero-order chi connectivity index (χ0) is 29.8. The number of sulfonamides is 1. The fourth-order valence-corrected chi connectivity index (χ4v) is 7.09. The number of benzene rings is 2. The fraction of sp³-hybridized carbons (Fsp3) is 0.438. The third-order valence-corrected chi connectivity index (χ3v) is 9.71. The van der Waals surface area contributed by atoms with Crippen LogP contribution < -0.4 is 5.32 Å². The molecule has 1 aliphatic rings. The van der Waals surface area contributed by atoms with Gasteiger partial charge in [0.1, 0.15) is 4.90 Å². The number of aliphatic hydroxyl groups is 1. The zero-order valence-corrected chi connectivity index (χ0v) is 25.1. The highest BCUT2D eigenvalue weighted by Crippen LogP contribution is 2.33. The van der Waals surface area contributed by atoms with Crippen LogP contribution in [0.4, 0.5) is 0 Å². The normalized spacial score (nSPS) is 15.6. The number of carboxylic acids is 1. The summed E-state index contributed by atoms with van der Waals surface area (Å²) in [5.41, 5.74) is 4.75. The number of carbonyl (C=O) groups is 1. The summed E-state index contributed by atoms with van der Waals surface area (Å²) in [7, 11) is -2.48. The second kappa shape index (κ2) is 12.8. The van der Waals surface area contributed by atoms with Crippen LogP contribution in [0, 0.1) is 5.92 Å². The Hall–Kier alpha value is -3.11. The maximum atomic E-state index is 13.4. The molecule has 0 spiro atoms. The standard InChI is InChI=1S/C32H41N3O5S/c1-22(13-31(37)38)29-11-7-8-12-30(29)26-16-28(20-33-18-26)41(39,40)35(4)21-27(36)19-34-32(2,3)17-23-14-24-9-5-6-10-25(24)15-23/h5-12,16,18,20,22-23,27,34,36H,13-15,17,19,21H2,1-4H3,(H,37,38)/t22-,27?/m1/s1. The van der Waals surface area contributed by atoms with Gasteiger partial charge in [-0.25, -0.2) is 8.42 Å². The molecular weight excluding hydrogens is 538 g/mol. The van der Waals surface area contributed by atoms with Crippen molar-refractivity contribution in [3.63, 3.8) is 0 Å². The summed E-state index contributed by atoms with van der Waals surface area (Å²) >= 11 is 0. The molecule has 0 fully saturated rings. The van der Waals surface area contributed by atoms with Crippen LogP contribution in [0.5, 0.6) is 0 Å². The number of rotatable bonds is 13. The second-order valence-electron chi connectivity index (χ2n) is 11.9. The summed E-state index contributed by atoms with van der Waals surface area (Å²) in [5.74, 6) is -0.626. The van der Waals surface area contributed by atoms with Gasteiger partial charge >= 0.3 is 5.97 Å². The van der Waals surface area contributed by atoms with Crippen molar-refractivity contribution in [2.24, 2.45) is 5.92 Å². The molecule has 41 heavy (non-hydrogen) atoms. The van der Waals surface area contributed by atoms with Gasteiger partial charge in [0.2, 0.25) is 10.0 Å². The Bertz CT molecular complexity index is 1450. The Kier molecular flexibility index (Phi) is 9.64. The molecule has 1 aromatic heterocycles. The maximum absolute atomic E-state index is 13.4. The van der Waals surface area contributed by atoms with E-state index in [2.05, 4.69) is 48.4 Å². The summed E-state index contributed by atoms with van der Waals surface area (Å²) < 4.78 is 28.0. The van der Waals surface area contributed by atoms with E-state index in [0.717, 1.165) is 34.7 Å². The van der Waals surface area contributed by atoms with Gasteiger partial charge in [0, 0.05) is 43.6 Å². The number of aromatic nitrogens is 1. The topological polar surface area (TPSA) is 120 Å². The van der Waals surface area contributed by atoms with Gasteiger partial charge in [-0.3, -0.25) is 9.78 Å². The van der Waals surface area contributed by atoms with Crippen LogP contribution in [-0.2, 0) is 27.7 Å². The van der Waals surface area contributed by atoms with Gasteiger partial charge in [-0.2, -0.15) is 4.31 Å². The number of pyridine rings is 1. The molecule has 3 N–H and O–H groups in total. The molecule has 9 heteroatoms. The number of nitrogens with one attached hydrogen (secondary N) is 1.